The third-order valence-corrected chi connectivity index (χ3v) is 6.70. The topological polar surface area (TPSA) is 104 Å². The van der Waals surface area contributed by atoms with Crippen LogP contribution in [-0.4, -0.2) is 56.3 Å². The van der Waals surface area contributed by atoms with E-state index in [4.69, 9.17) is 0 Å². The van der Waals surface area contributed by atoms with Crippen LogP contribution in [0.4, 0.5) is 5.69 Å². The van der Waals surface area contributed by atoms with Gasteiger partial charge in [-0.15, -0.1) is 0 Å². The number of nitrogens with one attached hydrogen (secondary N) is 1. The summed E-state index contributed by atoms with van der Waals surface area (Å²) in [6, 6.07) is 12.9. The Morgan fingerprint density at radius 3 is 2.26 bits per heavy atom. The number of nitrogens with zero attached hydrogens (tertiary/aromatic N) is 2. The van der Waals surface area contributed by atoms with Crippen LogP contribution in [0.1, 0.15) is 48.7 Å². The molecule has 2 aromatic rings. The van der Waals surface area contributed by atoms with Crippen molar-refractivity contribution in [3.8, 4) is 0 Å². The maximum atomic E-state index is 13.6. The highest BCUT2D eigenvalue weighted by Gasteiger charge is 2.31. The van der Waals surface area contributed by atoms with Gasteiger partial charge in [-0.25, -0.2) is 8.42 Å². The number of anilines is 1. The number of amides is 2. The van der Waals surface area contributed by atoms with Crippen LogP contribution in [0.5, 0.6) is 0 Å². The van der Waals surface area contributed by atoms with E-state index < -0.39 is 28.5 Å². The molecule has 0 heterocycles. The Kier molecular flexibility index (Phi) is 9.37. The molecule has 0 spiro atoms. The molecular formula is C25H33N3O5S. The minimum Gasteiger partial charge on any atom is -0.355 e. The van der Waals surface area contributed by atoms with Gasteiger partial charge in [0.1, 0.15) is 12.6 Å². The van der Waals surface area contributed by atoms with Crippen LogP contribution in [0.3, 0.4) is 0 Å². The van der Waals surface area contributed by atoms with E-state index in [-0.39, 0.29) is 23.9 Å². The van der Waals surface area contributed by atoms with Gasteiger partial charge in [0.05, 0.1) is 11.9 Å². The first-order valence-electron chi connectivity index (χ1n) is 11.2. The van der Waals surface area contributed by atoms with Gasteiger partial charge in [0.25, 0.3) is 0 Å². The quantitative estimate of drug-likeness (QED) is 0.491. The van der Waals surface area contributed by atoms with Crippen LogP contribution in [0.25, 0.3) is 0 Å². The maximum Gasteiger partial charge on any atom is 0.244 e. The first-order chi connectivity index (χ1) is 16.0. The van der Waals surface area contributed by atoms with Gasteiger partial charge >= 0.3 is 0 Å². The van der Waals surface area contributed by atoms with Gasteiger partial charge in [0.2, 0.25) is 21.8 Å². The molecule has 0 saturated heterocycles. The SMILES string of the molecule is CCNC(=O)[C@@H](CC)N(Cc1ccccc1C)C(=O)CN(c1cccc(C(C)=O)c1)S(C)(=O)=O. The Hall–Kier alpha value is -3.20. The van der Waals surface area contributed by atoms with Crippen LogP contribution in [0.2, 0.25) is 0 Å². The van der Waals surface area contributed by atoms with E-state index in [9.17, 15) is 22.8 Å². The summed E-state index contributed by atoms with van der Waals surface area (Å²) in [6.45, 7) is 6.98. The molecule has 0 unspecified atom stereocenters. The number of carbonyl (C=O) groups excluding carboxylic acids is 3. The Balaban J connectivity index is 2.48. The van der Waals surface area contributed by atoms with Gasteiger partial charge in [0, 0.05) is 18.7 Å². The molecular weight excluding hydrogens is 454 g/mol. The number of ketones is 1. The maximum absolute atomic E-state index is 13.6. The van der Waals surface area contributed by atoms with E-state index in [1.807, 2.05) is 38.1 Å². The van der Waals surface area contributed by atoms with E-state index in [2.05, 4.69) is 5.32 Å². The second-order valence-electron chi connectivity index (χ2n) is 8.14. The molecule has 0 aliphatic rings. The van der Waals surface area contributed by atoms with Crippen molar-refractivity contribution in [2.45, 2.75) is 46.7 Å². The molecule has 2 amide bonds. The average Bonchev–Trinajstić information content (AvgIpc) is 2.77. The molecule has 184 valence electrons. The standard InChI is InChI=1S/C25H33N3O5S/c1-6-23(25(31)26-7-2)27(16-21-12-9-8-11-18(21)3)24(30)17-28(34(5,32)33)22-14-10-13-20(15-22)19(4)29/h8-15,23H,6-7,16-17H2,1-5H3,(H,26,31)/t23-/m1/s1. The van der Waals surface area contributed by atoms with Gasteiger partial charge in [-0.3, -0.25) is 18.7 Å². The number of hydrogen-bond donors (Lipinski definition) is 1. The lowest BCUT2D eigenvalue weighted by Gasteiger charge is -2.33. The third kappa shape index (κ3) is 6.90. The largest absolute Gasteiger partial charge is 0.355 e. The van der Waals surface area contributed by atoms with E-state index in [1.54, 1.807) is 19.1 Å². The number of aryl methyl sites for hydroxylation is 1. The number of Topliss-reactive ketones (excluding diaryl/α,β-unsaturated/α-hetero) is 1. The zero-order chi connectivity index (χ0) is 25.5. The van der Waals surface area contributed by atoms with Crippen LogP contribution in [0, 0.1) is 6.92 Å². The number of rotatable bonds is 11. The van der Waals surface area contributed by atoms with Crippen molar-refractivity contribution >= 4 is 33.3 Å². The van der Waals surface area contributed by atoms with Crippen molar-refractivity contribution in [2.24, 2.45) is 0 Å². The second-order valence-corrected chi connectivity index (χ2v) is 10.0. The van der Waals surface area contributed by atoms with Gasteiger partial charge < -0.3 is 10.2 Å². The molecule has 0 aromatic heterocycles. The molecule has 1 atom stereocenters. The third-order valence-electron chi connectivity index (χ3n) is 5.56. The van der Waals surface area contributed by atoms with E-state index >= 15 is 0 Å². The summed E-state index contributed by atoms with van der Waals surface area (Å²) in [5.41, 5.74) is 2.37. The molecule has 2 aromatic carbocycles. The normalized spacial score (nSPS) is 12.0. The number of carbonyl (C=O) groups is 3. The van der Waals surface area contributed by atoms with Crippen molar-refractivity contribution < 1.29 is 22.8 Å². The van der Waals surface area contributed by atoms with Crippen molar-refractivity contribution in [3.05, 3.63) is 65.2 Å². The molecule has 0 aliphatic heterocycles. The Morgan fingerprint density at radius 2 is 1.71 bits per heavy atom. The fraction of sp³-hybridized carbons (Fsp3) is 0.400. The van der Waals surface area contributed by atoms with Crippen molar-refractivity contribution in [1.82, 2.24) is 10.2 Å². The summed E-state index contributed by atoms with van der Waals surface area (Å²) in [6.07, 6.45) is 1.37. The zero-order valence-corrected chi connectivity index (χ0v) is 21.2. The highest BCUT2D eigenvalue weighted by atomic mass is 32.2. The van der Waals surface area contributed by atoms with E-state index in [0.717, 1.165) is 21.7 Å². The number of benzene rings is 2. The summed E-state index contributed by atoms with van der Waals surface area (Å²) >= 11 is 0. The Bertz CT molecular complexity index is 1150. The summed E-state index contributed by atoms with van der Waals surface area (Å²) in [5, 5.41) is 2.77. The first-order valence-corrected chi connectivity index (χ1v) is 13.0. The van der Waals surface area contributed by atoms with Crippen molar-refractivity contribution in [1.29, 1.82) is 0 Å². The van der Waals surface area contributed by atoms with Crippen molar-refractivity contribution in [3.63, 3.8) is 0 Å². The van der Waals surface area contributed by atoms with Gasteiger partial charge in [-0.2, -0.15) is 0 Å². The minimum absolute atomic E-state index is 0.159. The lowest BCUT2D eigenvalue weighted by molar-refractivity contribution is -0.140. The van der Waals surface area contributed by atoms with Crippen LogP contribution in [0.15, 0.2) is 48.5 Å². The van der Waals surface area contributed by atoms with E-state index in [1.165, 1.54) is 24.0 Å². The smallest absolute Gasteiger partial charge is 0.244 e. The van der Waals surface area contributed by atoms with Gasteiger partial charge in [0.15, 0.2) is 5.78 Å². The summed E-state index contributed by atoms with van der Waals surface area (Å²) in [7, 11) is -3.86. The predicted octanol–water partition coefficient (Wildman–Crippen LogP) is 2.91. The lowest BCUT2D eigenvalue weighted by atomic mass is 10.1. The van der Waals surface area contributed by atoms with E-state index in [0.29, 0.717) is 18.5 Å². The molecule has 1 N–H and O–H groups in total. The predicted molar refractivity (Wildman–Crippen MR) is 133 cm³/mol. The summed E-state index contributed by atoms with van der Waals surface area (Å²) < 4.78 is 26.3. The molecule has 0 bridgehead atoms. The Labute approximate surface area is 202 Å². The summed E-state index contributed by atoms with van der Waals surface area (Å²) in [4.78, 5) is 39.6. The monoisotopic (exact) mass is 487 g/mol. The molecule has 0 aliphatic carbocycles. The molecule has 2 rings (SSSR count). The molecule has 0 fully saturated rings. The van der Waals surface area contributed by atoms with Crippen LogP contribution >= 0.6 is 0 Å². The zero-order valence-electron chi connectivity index (χ0n) is 20.4. The molecule has 9 heteroatoms. The van der Waals surface area contributed by atoms with Crippen molar-refractivity contribution in [2.75, 3.05) is 23.7 Å². The average molecular weight is 488 g/mol. The van der Waals surface area contributed by atoms with Crippen LogP contribution in [-0.2, 0) is 26.2 Å². The number of hydrogen-bond acceptors (Lipinski definition) is 5. The minimum atomic E-state index is -3.86. The fourth-order valence-corrected chi connectivity index (χ4v) is 4.52. The molecule has 0 saturated carbocycles. The second kappa shape index (κ2) is 11.8. The number of sulfonamides is 1. The highest BCUT2D eigenvalue weighted by molar-refractivity contribution is 7.92. The summed E-state index contributed by atoms with van der Waals surface area (Å²) in [5.74, 6) is -1.03. The van der Waals surface area contributed by atoms with Gasteiger partial charge in [-0.05, 0) is 50.5 Å². The molecule has 0 radical (unpaired) electrons. The number of likely N-dealkylation sites (N-methyl/N-ethyl adjacent to an activating group) is 1. The van der Waals surface area contributed by atoms with Gasteiger partial charge in [-0.1, -0.05) is 43.3 Å². The molecule has 34 heavy (non-hydrogen) atoms. The Morgan fingerprint density at radius 1 is 1.03 bits per heavy atom. The fourth-order valence-electron chi connectivity index (χ4n) is 3.68. The lowest BCUT2D eigenvalue weighted by Crippen LogP contribution is -2.52. The highest BCUT2D eigenvalue weighted by Crippen LogP contribution is 2.22. The first kappa shape index (κ1) is 27.0. The molecule has 8 nitrogen and oxygen atoms in total. The van der Waals surface area contributed by atoms with Crippen LogP contribution < -0.4 is 9.62 Å².